The summed E-state index contributed by atoms with van der Waals surface area (Å²) in [5.41, 5.74) is -0.251. The van der Waals surface area contributed by atoms with E-state index in [-0.39, 0.29) is 29.6 Å². The molecule has 4 aromatic rings. The Hall–Kier alpha value is -4.71. The molecular formula is C29H23F4N5O3. The van der Waals surface area contributed by atoms with Crippen LogP contribution < -0.4 is 20.3 Å². The van der Waals surface area contributed by atoms with Gasteiger partial charge in [0.1, 0.15) is 17.2 Å². The Kier molecular flexibility index (Phi) is 6.70. The summed E-state index contributed by atoms with van der Waals surface area (Å²) in [5, 5.41) is 8.35. The molecule has 0 amide bonds. The van der Waals surface area contributed by atoms with Crippen LogP contribution in [0.15, 0.2) is 72.5 Å². The highest BCUT2D eigenvalue weighted by atomic mass is 19.4. The number of carbonyl (C=O) groups excluding carboxylic acids is 1. The van der Waals surface area contributed by atoms with Crippen LogP contribution in [0.3, 0.4) is 0 Å². The summed E-state index contributed by atoms with van der Waals surface area (Å²) in [6.45, 7) is 0.272. The molecule has 0 atom stereocenters. The number of ether oxygens (including phenoxy) is 2. The van der Waals surface area contributed by atoms with Crippen molar-refractivity contribution in [1.29, 1.82) is 0 Å². The van der Waals surface area contributed by atoms with Gasteiger partial charge in [-0.3, -0.25) is 14.2 Å². The number of aromatic nitrogens is 3. The second-order valence-corrected chi connectivity index (χ2v) is 9.76. The molecule has 210 valence electrons. The minimum Gasteiger partial charge on any atom is -0.454 e. The summed E-state index contributed by atoms with van der Waals surface area (Å²) in [6, 6.07) is 12.2. The van der Waals surface area contributed by atoms with E-state index in [1.807, 2.05) is 24.3 Å². The molecule has 0 radical (unpaired) electrons. The largest absolute Gasteiger partial charge is 0.454 e. The van der Waals surface area contributed by atoms with E-state index in [0.29, 0.717) is 23.2 Å². The van der Waals surface area contributed by atoms with Crippen molar-refractivity contribution in [3.05, 3.63) is 95.2 Å². The van der Waals surface area contributed by atoms with Crippen LogP contribution in [0.5, 0.6) is 11.5 Å². The Morgan fingerprint density at radius 3 is 2.49 bits per heavy atom. The van der Waals surface area contributed by atoms with E-state index in [1.54, 1.807) is 12.2 Å². The third-order valence-electron chi connectivity index (χ3n) is 6.87. The van der Waals surface area contributed by atoms with E-state index < -0.39 is 17.6 Å². The number of halogens is 4. The number of benzene rings is 2. The molecule has 7 rings (SSSR count). The van der Waals surface area contributed by atoms with Crippen LogP contribution in [0.2, 0.25) is 0 Å². The quantitative estimate of drug-likeness (QED) is 0.142. The molecule has 1 fully saturated rings. The topological polar surface area (TPSA) is 95.0 Å². The number of pyridine rings is 1. The van der Waals surface area contributed by atoms with Crippen LogP contribution in [0.1, 0.15) is 29.8 Å². The van der Waals surface area contributed by atoms with Crippen molar-refractivity contribution in [2.75, 3.05) is 11.8 Å². The molecule has 3 aliphatic rings. The zero-order valence-electron chi connectivity index (χ0n) is 21.4. The van der Waals surface area contributed by atoms with Gasteiger partial charge in [0, 0.05) is 18.2 Å². The number of anilines is 2. The zero-order chi connectivity index (χ0) is 28.7. The standard InChI is InChI=1S/C17H15F4N5.C12H8O3/c18-11-3-1-2-4-12(11)26(22)13-7-8-25-14(9-10-5-6-10)23-24-16(25)15(13)17(19,20)21;13-10-3-2-9(10)5-8-1-4-11-12(6-8)15-7-14-11/h1-4,7-8,10H,5-6,9,22H2;1-6H,7H2. The predicted octanol–water partition coefficient (Wildman–Crippen LogP) is 5.79. The second kappa shape index (κ2) is 10.4. The van der Waals surface area contributed by atoms with Crippen molar-refractivity contribution in [3.8, 4) is 11.5 Å². The van der Waals surface area contributed by atoms with E-state index in [0.717, 1.165) is 41.5 Å². The Labute approximate surface area is 231 Å². The van der Waals surface area contributed by atoms with Crippen LogP contribution in [-0.4, -0.2) is 27.2 Å². The first kappa shape index (κ1) is 26.5. The van der Waals surface area contributed by atoms with E-state index >= 15 is 0 Å². The molecule has 0 spiro atoms. The number of hydrogen-bond donors (Lipinski definition) is 1. The number of hydrogen-bond acceptors (Lipinski definition) is 7. The van der Waals surface area contributed by atoms with Crippen molar-refractivity contribution < 1.29 is 31.8 Å². The maximum Gasteiger partial charge on any atom is 0.422 e. The van der Waals surface area contributed by atoms with Gasteiger partial charge in [-0.2, -0.15) is 13.2 Å². The van der Waals surface area contributed by atoms with Gasteiger partial charge in [-0.25, -0.2) is 10.2 Å². The van der Waals surface area contributed by atoms with Gasteiger partial charge < -0.3 is 9.47 Å². The molecule has 2 aliphatic carbocycles. The number of para-hydroxylation sites is 1. The highest BCUT2D eigenvalue weighted by molar-refractivity contribution is 6.16. The average Bonchev–Trinajstić information content (AvgIpc) is 3.49. The lowest BCUT2D eigenvalue weighted by Gasteiger charge is -2.23. The maximum absolute atomic E-state index is 14.0. The number of allylic oxidation sites excluding steroid dienone is 3. The maximum atomic E-state index is 14.0. The molecule has 0 saturated heterocycles. The Bertz CT molecular complexity index is 1710. The third kappa shape index (κ3) is 5.38. The van der Waals surface area contributed by atoms with Gasteiger partial charge in [0.2, 0.25) is 6.79 Å². The van der Waals surface area contributed by atoms with Gasteiger partial charge in [0.15, 0.2) is 22.9 Å². The van der Waals surface area contributed by atoms with Gasteiger partial charge in [-0.15, -0.1) is 10.2 Å². The van der Waals surface area contributed by atoms with Gasteiger partial charge in [-0.1, -0.05) is 18.2 Å². The van der Waals surface area contributed by atoms with Crippen LogP contribution >= 0.6 is 0 Å². The molecule has 3 heterocycles. The molecule has 8 nitrogen and oxygen atoms in total. The number of carbonyl (C=O) groups is 1. The summed E-state index contributed by atoms with van der Waals surface area (Å²) < 4.78 is 67.1. The molecule has 2 aromatic carbocycles. The predicted molar refractivity (Wildman–Crippen MR) is 142 cm³/mol. The zero-order valence-corrected chi connectivity index (χ0v) is 21.4. The van der Waals surface area contributed by atoms with Gasteiger partial charge in [-0.05, 0) is 72.9 Å². The number of nitrogens with zero attached hydrogens (tertiary/aromatic N) is 4. The molecule has 2 N–H and O–H groups in total. The highest BCUT2D eigenvalue weighted by Gasteiger charge is 2.39. The summed E-state index contributed by atoms with van der Waals surface area (Å²) in [4.78, 5) is 11.1. The fourth-order valence-electron chi connectivity index (χ4n) is 4.51. The van der Waals surface area contributed by atoms with Crippen LogP contribution in [0.25, 0.3) is 11.7 Å². The summed E-state index contributed by atoms with van der Waals surface area (Å²) in [6.07, 6.45) is 4.57. The fraction of sp³-hybridized carbons (Fsp3) is 0.207. The lowest BCUT2D eigenvalue weighted by molar-refractivity contribution is -0.136. The smallest absolute Gasteiger partial charge is 0.422 e. The van der Waals surface area contributed by atoms with Crippen molar-refractivity contribution >= 4 is 28.9 Å². The molecule has 1 saturated carbocycles. The van der Waals surface area contributed by atoms with E-state index in [4.69, 9.17) is 15.3 Å². The van der Waals surface area contributed by atoms with Crippen molar-refractivity contribution in [2.24, 2.45) is 11.8 Å². The van der Waals surface area contributed by atoms with Crippen molar-refractivity contribution in [1.82, 2.24) is 14.6 Å². The van der Waals surface area contributed by atoms with Crippen molar-refractivity contribution in [3.63, 3.8) is 0 Å². The first-order valence-corrected chi connectivity index (χ1v) is 12.8. The van der Waals surface area contributed by atoms with Crippen molar-refractivity contribution in [2.45, 2.75) is 25.4 Å². The molecule has 2 aromatic heterocycles. The van der Waals surface area contributed by atoms with E-state index in [2.05, 4.69) is 10.2 Å². The van der Waals surface area contributed by atoms with Crippen LogP contribution in [-0.2, 0) is 17.4 Å². The first-order chi connectivity index (χ1) is 19.7. The van der Waals surface area contributed by atoms with Gasteiger partial charge in [0.05, 0.1) is 11.4 Å². The van der Waals surface area contributed by atoms with Crippen LogP contribution in [0.4, 0.5) is 28.9 Å². The number of nitrogens with two attached hydrogens (primary N) is 1. The number of hydrazine groups is 1. The molecule has 41 heavy (non-hydrogen) atoms. The second-order valence-electron chi connectivity index (χ2n) is 9.76. The van der Waals surface area contributed by atoms with E-state index in [9.17, 15) is 22.4 Å². The molecule has 12 heteroatoms. The Morgan fingerprint density at radius 1 is 1.02 bits per heavy atom. The number of rotatable bonds is 5. The minimum atomic E-state index is -4.73. The Balaban J connectivity index is 0.000000170. The molecular weight excluding hydrogens is 542 g/mol. The monoisotopic (exact) mass is 565 g/mol. The lowest BCUT2D eigenvalue weighted by atomic mass is 9.98. The number of alkyl halides is 3. The summed E-state index contributed by atoms with van der Waals surface area (Å²) in [7, 11) is 0. The van der Waals surface area contributed by atoms with E-state index in [1.165, 1.54) is 34.9 Å². The van der Waals surface area contributed by atoms with Crippen LogP contribution in [0, 0.1) is 11.7 Å². The number of fused-ring (bicyclic) bond motifs is 2. The summed E-state index contributed by atoms with van der Waals surface area (Å²) >= 11 is 0. The average molecular weight is 566 g/mol. The number of ketones is 1. The minimum absolute atomic E-state index is 0.0765. The van der Waals surface area contributed by atoms with Gasteiger partial charge >= 0.3 is 6.18 Å². The molecule has 0 bridgehead atoms. The highest BCUT2D eigenvalue weighted by Crippen LogP contribution is 2.41. The normalized spacial score (nSPS) is 16.5. The molecule has 0 unspecified atom stereocenters. The SMILES string of the molecule is NN(c1ccccc1F)c1ccn2c(CC3CC3)nnc2c1C(F)(F)F.O=C1C=CC1=Cc1ccc2c(c1)OCO2. The molecule has 1 aliphatic heterocycles. The summed E-state index contributed by atoms with van der Waals surface area (Å²) in [5.74, 6) is 7.61. The fourth-order valence-corrected chi connectivity index (χ4v) is 4.51. The Morgan fingerprint density at radius 2 is 1.80 bits per heavy atom. The third-order valence-corrected chi connectivity index (χ3v) is 6.87. The van der Waals surface area contributed by atoms with Gasteiger partial charge in [0.25, 0.3) is 0 Å². The lowest BCUT2D eigenvalue weighted by Crippen LogP contribution is -2.29. The first-order valence-electron chi connectivity index (χ1n) is 12.8.